The molecule has 0 saturated carbocycles. The quantitative estimate of drug-likeness (QED) is 0.563. The molecule has 0 bridgehead atoms. The second kappa shape index (κ2) is 8.89. The van der Waals surface area contributed by atoms with Gasteiger partial charge in [-0.2, -0.15) is 4.72 Å². The first-order chi connectivity index (χ1) is 13.9. The van der Waals surface area contributed by atoms with Crippen molar-refractivity contribution in [2.75, 3.05) is 7.11 Å². The summed E-state index contributed by atoms with van der Waals surface area (Å²) in [5.41, 5.74) is 1.26. The molecule has 0 spiro atoms. The van der Waals surface area contributed by atoms with Gasteiger partial charge in [0.25, 0.3) is 0 Å². The summed E-state index contributed by atoms with van der Waals surface area (Å²) in [4.78, 5) is 12.2. The van der Waals surface area contributed by atoms with Crippen molar-refractivity contribution in [2.45, 2.75) is 24.5 Å². The average Bonchev–Trinajstić information content (AvgIpc) is 3.21. The second-order valence-electron chi connectivity index (χ2n) is 6.17. The number of esters is 1. The molecule has 152 valence electrons. The van der Waals surface area contributed by atoms with Crippen LogP contribution >= 0.6 is 0 Å². The van der Waals surface area contributed by atoms with E-state index in [4.69, 9.17) is 14.0 Å². The molecule has 3 aromatic rings. The van der Waals surface area contributed by atoms with Crippen molar-refractivity contribution in [3.63, 3.8) is 0 Å². The Bertz CT molecular complexity index is 1060. The van der Waals surface area contributed by atoms with E-state index in [1.54, 1.807) is 6.07 Å². The Morgan fingerprint density at radius 2 is 1.83 bits per heavy atom. The van der Waals surface area contributed by atoms with Gasteiger partial charge in [0.1, 0.15) is 24.1 Å². The molecule has 9 heteroatoms. The number of carbonyl (C=O) groups excluding carboxylic acids is 1. The van der Waals surface area contributed by atoms with E-state index in [1.165, 1.54) is 38.3 Å². The predicted octanol–water partition coefficient (Wildman–Crippen LogP) is 2.76. The Morgan fingerprint density at radius 1 is 1.14 bits per heavy atom. The minimum atomic E-state index is -3.88. The maximum absolute atomic E-state index is 12.4. The van der Waals surface area contributed by atoms with Crippen LogP contribution in [0.2, 0.25) is 0 Å². The molecule has 8 nitrogen and oxygen atoms in total. The fourth-order valence-corrected chi connectivity index (χ4v) is 3.68. The van der Waals surface area contributed by atoms with Crippen LogP contribution in [0.1, 0.15) is 12.6 Å². The minimum absolute atomic E-state index is 0.0157. The zero-order valence-electron chi connectivity index (χ0n) is 15.9. The molecule has 0 radical (unpaired) electrons. The van der Waals surface area contributed by atoms with Gasteiger partial charge in [0.15, 0.2) is 5.76 Å². The Hall–Kier alpha value is -3.17. The smallest absolute Gasteiger partial charge is 0.324 e. The third-order valence-corrected chi connectivity index (χ3v) is 5.59. The van der Waals surface area contributed by atoms with Crippen LogP contribution in [-0.2, 0) is 26.2 Å². The fraction of sp³-hybridized carbons (Fsp3) is 0.200. The van der Waals surface area contributed by atoms with E-state index >= 15 is 0 Å². The molecule has 0 amide bonds. The summed E-state index contributed by atoms with van der Waals surface area (Å²) in [6.45, 7) is 1.27. The van der Waals surface area contributed by atoms with Gasteiger partial charge in [0, 0.05) is 11.6 Å². The first-order valence-corrected chi connectivity index (χ1v) is 10.2. The summed E-state index contributed by atoms with van der Waals surface area (Å²) in [5, 5.41) is 3.86. The van der Waals surface area contributed by atoms with E-state index < -0.39 is 22.0 Å². The molecule has 0 unspecified atom stereocenters. The van der Waals surface area contributed by atoms with Crippen molar-refractivity contribution in [1.82, 2.24) is 9.88 Å². The number of aromatic nitrogens is 1. The lowest BCUT2D eigenvalue weighted by molar-refractivity contribution is -0.146. The Kier molecular flexibility index (Phi) is 6.30. The van der Waals surface area contributed by atoms with E-state index in [9.17, 15) is 13.2 Å². The van der Waals surface area contributed by atoms with Crippen LogP contribution in [0.25, 0.3) is 11.3 Å². The van der Waals surface area contributed by atoms with Crippen molar-refractivity contribution < 1.29 is 27.2 Å². The Labute approximate surface area is 168 Å². The lowest BCUT2D eigenvalue weighted by Crippen LogP contribution is -2.39. The summed E-state index contributed by atoms with van der Waals surface area (Å²) in [6, 6.07) is 15.8. The van der Waals surface area contributed by atoms with Crippen molar-refractivity contribution in [2.24, 2.45) is 0 Å². The predicted molar refractivity (Wildman–Crippen MR) is 105 cm³/mol. The monoisotopic (exact) mass is 416 g/mol. The van der Waals surface area contributed by atoms with Gasteiger partial charge in [-0.1, -0.05) is 35.5 Å². The molecule has 0 aliphatic rings. The topological polar surface area (TPSA) is 108 Å². The molecule has 29 heavy (non-hydrogen) atoms. The molecule has 3 rings (SSSR count). The number of ether oxygens (including phenoxy) is 2. The highest BCUT2D eigenvalue weighted by Crippen LogP contribution is 2.20. The van der Waals surface area contributed by atoms with Gasteiger partial charge in [0.2, 0.25) is 10.0 Å². The lowest BCUT2D eigenvalue weighted by Gasteiger charge is -2.13. The normalized spacial score (nSPS) is 12.3. The molecular weight excluding hydrogens is 396 g/mol. The number of hydrogen-bond acceptors (Lipinski definition) is 7. The summed E-state index contributed by atoms with van der Waals surface area (Å²) >= 11 is 0. The van der Waals surface area contributed by atoms with E-state index in [0.29, 0.717) is 17.2 Å². The highest BCUT2D eigenvalue weighted by molar-refractivity contribution is 7.89. The first kappa shape index (κ1) is 20.6. The van der Waals surface area contributed by atoms with Gasteiger partial charge in [-0.25, -0.2) is 8.42 Å². The summed E-state index contributed by atoms with van der Waals surface area (Å²) in [6.07, 6.45) is 0. The highest BCUT2D eigenvalue weighted by atomic mass is 32.2. The van der Waals surface area contributed by atoms with Gasteiger partial charge in [-0.3, -0.25) is 4.79 Å². The van der Waals surface area contributed by atoms with E-state index in [2.05, 4.69) is 9.88 Å². The minimum Gasteiger partial charge on any atom is -0.497 e. The first-order valence-electron chi connectivity index (χ1n) is 8.73. The van der Waals surface area contributed by atoms with E-state index in [1.807, 2.05) is 30.3 Å². The molecule has 2 aromatic carbocycles. The second-order valence-corrected chi connectivity index (χ2v) is 7.89. The third-order valence-electron chi connectivity index (χ3n) is 4.03. The maximum Gasteiger partial charge on any atom is 0.324 e. The summed E-state index contributed by atoms with van der Waals surface area (Å²) in [7, 11) is -2.40. The zero-order chi connectivity index (χ0) is 20.9. The van der Waals surface area contributed by atoms with Crippen molar-refractivity contribution in [3.05, 3.63) is 66.4 Å². The molecule has 0 fully saturated rings. The molecule has 1 aromatic heterocycles. The molecule has 0 aliphatic heterocycles. The van der Waals surface area contributed by atoms with Crippen molar-refractivity contribution in [3.8, 4) is 17.1 Å². The number of nitrogens with one attached hydrogen (secondary N) is 1. The number of carbonyl (C=O) groups is 1. The van der Waals surface area contributed by atoms with Crippen LogP contribution in [-0.4, -0.2) is 32.7 Å². The lowest BCUT2D eigenvalue weighted by atomic mass is 10.2. The third kappa shape index (κ3) is 5.21. The Morgan fingerprint density at radius 3 is 2.48 bits per heavy atom. The molecule has 1 N–H and O–H groups in total. The van der Waals surface area contributed by atoms with E-state index in [0.717, 1.165) is 5.56 Å². The van der Waals surface area contributed by atoms with Crippen molar-refractivity contribution in [1.29, 1.82) is 0 Å². The number of sulfonamides is 1. The molecule has 1 atom stereocenters. The van der Waals surface area contributed by atoms with Gasteiger partial charge in [0.05, 0.1) is 12.0 Å². The standard InChI is InChI=1S/C20H20N2O6S/c1-14(22-29(24,25)18-10-8-17(26-2)9-11-18)20(23)27-13-16-12-19(28-21-16)15-6-4-3-5-7-15/h3-12,14,22H,13H2,1-2H3/t14-/m0/s1. The van der Waals surface area contributed by atoms with Crippen LogP contribution in [0, 0.1) is 0 Å². The summed E-state index contributed by atoms with van der Waals surface area (Å²) < 4.78 is 42.5. The van der Waals surface area contributed by atoms with Crippen LogP contribution in [0.15, 0.2) is 70.1 Å². The van der Waals surface area contributed by atoms with Crippen LogP contribution < -0.4 is 9.46 Å². The highest BCUT2D eigenvalue weighted by Gasteiger charge is 2.23. The largest absolute Gasteiger partial charge is 0.497 e. The van der Waals surface area contributed by atoms with Gasteiger partial charge in [-0.15, -0.1) is 0 Å². The SMILES string of the molecule is COc1ccc(S(=O)(=O)N[C@@H](C)C(=O)OCc2cc(-c3ccccc3)on2)cc1. The fourth-order valence-electron chi connectivity index (χ4n) is 2.49. The van der Waals surface area contributed by atoms with Gasteiger partial charge in [-0.05, 0) is 31.2 Å². The van der Waals surface area contributed by atoms with Gasteiger partial charge >= 0.3 is 5.97 Å². The van der Waals surface area contributed by atoms with Crippen LogP contribution in [0.3, 0.4) is 0 Å². The van der Waals surface area contributed by atoms with Crippen LogP contribution in [0.4, 0.5) is 0 Å². The van der Waals surface area contributed by atoms with Gasteiger partial charge < -0.3 is 14.0 Å². The molecular formula is C20H20N2O6S. The number of benzene rings is 2. The Balaban J connectivity index is 1.57. The number of rotatable bonds is 8. The molecule has 0 saturated heterocycles. The molecule has 1 heterocycles. The van der Waals surface area contributed by atoms with E-state index in [-0.39, 0.29) is 11.5 Å². The summed E-state index contributed by atoms with van der Waals surface area (Å²) in [5.74, 6) is 0.343. The number of nitrogens with zero attached hydrogens (tertiary/aromatic N) is 1. The van der Waals surface area contributed by atoms with Crippen LogP contribution in [0.5, 0.6) is 5.75 Å². The van der Waals surface area contributed by atoms with Crippen molar-refractivity contribution >= 4 is 16.0 Å². The molecule has 0 aliphatic carbocycles. The average molecular weight is 416 g/mol. The number of methoxy groups -OCH3 is 1. The zero-order valence-corrected chi connectivity index (χ0v) is 16.7. The maximum atomic E-state index is 12.4. The number of hydrogen-bond donors (Lipinski definition) is 1.